The zero-order valence-corrected chi connectivity index (χ0v) is 14.6. The van der Waals surface area contributed by atoms with Crippen LogP contribution >= 0.6 is 23.4 Å². The van der Waals surface area contributed by atoms with Gasteiger partial charge in [0.2, 0.25) is 0 Å². The van der Waals surface area contributed by atoms with Crippen LogP contribution in [0.1, 0.15) is 17.3 Å². The molecule has 2 aromatic rings. The van der Waals surface area contributed by atoms with Crippen molar-refractivity contribution in [2.75, 3.05) is 20.0 Å². The summed E-state index contributed by atoms with van der Waals surface area (Å²) in [6.07, 6.45) is 1.82. The molecule has 0 aliphatic rings. The van der Waals surface area contributed by atoms with Crippen molar-refractivity contribution in [1.29, 1.82) is 0 Å². The van der Waals surface area contributed by atoms with Gasteiger partial charge in [-0.2, -0.15) is 0 Å². The molecule has 0 saturated heterocycles. The van der Waals surface area contributed by atoms with E-state index in [-0.39, 0.29) is 22.9 Å². The van der Waals surface area contributed by atoms with E-state index in [0.717, 1.165) is 11.3 Å². The van der Waals surface area contributed by atoms with Gasteiger partial charge in [-0.15, -0.1) is 11.8 Å². The molecule has 4 nitrogen and oxygen atoms in total. The molecule has 0 radical (unpaired) electrons. The molecular formula is C17H17ClO4S. The molecule has 0 atom stereocenters. The highest BCUT2D eigenvalue weighted by Gasteiger charge is 2.23. The maximum atomic E-state index is 12.1. The van der Waals surface area contributed by atoms with Crippen molar-refractivity contribution in [2.24, 2.45) is 0 Å². The summed E-state index contributed by atoms with van der Waals surface area (Å²) < 4.78 is 10.1. The number of carbonyl (C=O) groups is 1. The molecule has 0 aliphatic carbocycles. The maximum Gasteiger partial charge on any atom is 0.343 e. The Morgan fingerprint density at radius 1 is 1.30 bits per heavy atom. The Labute approximate surface area is 144 Å². The molecule has 0 aromatic heterocycles. The van der Waals surface area contributed by atoms with Crippen molar-refractivity contribution in [2.45, 2.75) is 11.8 Å². The van der Waals surface area contributed by atoms with Crippen molar-refractivity contribution in [3.8, 4) is 22.6 Å². The lowest BCUT2D eigenvalue weighted by atomic mass is 10.0. The van der Waals surface area contributed by atoms with Gasteiger partial charge in [-0.25, -0.2) is 4.79 Å². The lowest BCUT2D eigenvalue weighted by Crippen LogP contribution is -2.07. The van der Waals surface area contributed by atoms with Crippen molar-refractivity contribution in [1.82, 2.24) is 0 Å². The lowest BCUT2D eigenvalue weighted by molar-refractivity contribution is 0.0519. The number of hydrogen-bond acceptors (Lipinski definition) is 5. The summed E-state index contributed by atoms with van der Waals surface area (Å²) in [5.41, 5.74) is 1.56. The van der Waals surface area contributed by atoms with Crippen LogP contribution in [0.25, 0.3) is 11.1 Å². The standard InChI is InChI=1S/C17H17ClO4S/c1-4-22-17(20)14-13(23-3)9-12(15(18)16(14)19)10-5-7-11(21-2)8-6-10/h5-9,19H,4H2,1-3H3. The number of methoxy groups -OCH3 is 1. The van der Waals surface area contributed by atoms with E-state index in [2.05, 4.69) is 0 Å². The zero-order valence-electron chi connectivity index (χ0n) is 13.1. The fourth-order valence-electron chi connectivity index (χ4n) is 2.16. The third-order valence-corrected chi connectivity index (χ3v) is 4.45. The van der Waals surface area contributed by atoms with E-state index >= 15 is 0 Å². The maximum absolute atomic E-state index is 12.1. The van der Waals surface area contributed by atoms with Crippen LogP contribution in [0, 0.1) is 0 Å². The van der Waals surface area contributed by atoms with Crippen molar-refractivity contribution in [3.63, 3.8) is 0 Å². The number of esters is 1. The summed E-state index contributed by atoms with van der Waals surface area (Å²) in [6.45, 7) is 1.94. The Morgan fingerprint density at radius 3 is 2.48 bits per heavy atom. The number of halogens is 1. The van der Waals surface area contributed by atoms with E-state index in [4.69, 9.17) is 21.1 Å². The summed E-state index contributed by atoms with van der Waals surface area (Å²) in [5, 5.41) is 10.5. The predicted octanol–water partition coefficient (Wildman–Crippen LogP) is 4.62. The Kier molecular flexibility index (Phi) is 5.80. The van der Waals surface area contributed by atoms with E-state index in [0.29, 0.717) is 10.5 Å². The highest BCUT2D eigenvalue weighted by atomic mass is 35.5. The van der Waals surface area contributed by atoms with Crippen molar-refractivity contribution in [3.05, 3.63) is 40.9 Å². The molecular weight excluding hydrogens is 336 g/mol. The first-order valence-corrected chi connectivity index (χ1v) is 8.54. The van der Waals surface area contributed by atoms with E-state index in [1.165, 1.54) is 11.8 Å². The number of ether oxygens (including phenoxy) is 2. The fourth-order valence-corrected chi connectivity index (χ4v) is 3.04. The third kappa shape index (κ3) is 3.57. The fraction of sp³-hybridized carbons (Fsp3) is 0.235. The highest BCUT2D eigenvalue weighted by Crippen LogP contribution is 2.42. The van der Waals surface area contributed by atoms with Crippen LogP contribution in [0.5, 0.6) is 11.5 Å². The van der Waals surface area contributed by atoms with Gasteiger partial charge in [0.15, 0.2) is 0 Å². The van der Waals surface area contributed by atoms with Gasteiger partial charge in [-0.05, 0) is 36.9 Å². The minimum Gasteiger partial charge on any atom is -0.505 e. The number of benzene rings is 2. The van der Waals surface area contributed by atoms with E-state index in [1.807, 2.05) is 18.4 Å². The van der Waals surface area contributed by atoms with Crippen LogP contribution in [0.2, 0.25) is 5.02 Å². The van der Waals surface area contributed by atoms with Crippen molar-refractivity contribution < 1.29 is 19.4 Å². The predicted molar refractivity (Wildman–Crippen MR) is 92.8 cm³/mol. The first kappa shape index (κ1) is 17.5. The van der Waals surface area contributed by atoms with E-state index < -0.39 is 5.97 Å². The third-order valence-electron chi connectivity index (χ3n) is 3.30. The van der Waals surface area contributed by atoms with Gasteiger partial charge < -0.3 is 14.6 Å². The minimum atomic E-state index is -0.586. The average Bonchev–Trinajstić information content (AvgIpc) is 2.57. The topological polar surface area (TPSA) is 55.8 Å². The molecule has 0 bridgehead atoms. The molecule has 1 N–H and O–H groups in total. The van der Waals surface area contributed by atoms with E-state index in [9.17, 15) is 9.90 Å². The molecule has 23 heavy (non-hydrogen) atoms. The number of hydrogen-bond donors (Lipinski definition) is 1. The Morgan fingerprint density at radius 2 is 1.96 bits per heavy atom. The van der Waals surface area contributed by atoms with Gasteiger partial charge in [-0.3, -0.25) is 0 Å². The molecule has 2 aromatic carbocycles. The molecule has 0 spiro atoms. The monoisotopic (exact) mass is 352 g/mol. The van der Waals surface area contributed by atoms with Crippen LogP contribution in [0.4, 0.5) is 0 Å². The lowest BCUT2D eigenvalue weighted by Gasteiger charge is -2.14. The molecule has 0 unspecified atom stereocenters. The summed E-state index contributed by atoms with van der Waals surface area (Å²) in [4.78, 5) is 12.7. The molecule has 122 valence electrons. The summed E-state index contributed by atoms with van der Waals surface area (Å²) in [5.74, 6) is -0.123. The number of phenolic OH excluding ortho intramolecular Hbond substituents is 1. The SMILES string of the molecule is CCOC(=O)c1c(SC)cc(-c2ccc(OC)cc2)c(Cl)c1O. The average molecular weight is 353 g/mol. The van der Waals surface area contributed by atoms with Crippen LogP contribution in [-0.4, -0.2) is 31.0 Å². The van der Waals surface area contributed by atoms with Gasteiger partial charge in [0, 0.05) is 10.5 Å². The number of carbonyl (C=O) groups excluding carboxylic acids is 1. The largest absolute Gasteiger partial charge is 0.505 e. The van der Waals surface area contributed by atoms with Crippen LogP contribution in [-0.2, 0) is 4.74 Å². The van der Waals surface area contributed by atoms with Crippen LogP contribution < -0.4 is 4.74 Å². The number of aromatic hydroxyl groups is 1. The number of thioether (sulfide) groups is 1. The molecule has 0 saturated carbocycles. The first-order chi connectivity index (χ1) is 11.0. The molecule has 0 fully saturated rings. The molecule has 0 heterocycles. The molecule has 0 aliphatic heterocycles. The zero-order chi connectivity index (χ0) is 17.0. The van der Waals surface area contributed by atoms with Gasteiger partial charge in [0.05, 0.1) is 18.7 Å². The van der Waals surface area contributed by atoms with Crippen molar-refractivity contribution >= 4 is 29.3 Å². The van der Waals surface area contributed by atoms with E-state index in [1.54, 1.807) is 32.2 Å². The smallest absolute Gasteiger partial charge is 0.343 e. The van der Waals surface area contributed by atoms with Gasteiger partial charge >= 0.3 is 5.97 Å². The number of phenols is 1. The molecule has 2 rings (SSSR count). The molecule has 6 heteroatoms. The number of rotatable bonds is 5. The summed E-state index contributed by atoms with van der Waals surface area (Å²) in [6, 6.07) is 9.07. The second-order valence-corrected chi connectivity index (χ2v) is 5.84. The quantitative estimate of drug-likeness (QED) is 0.628. The molecule has 0 amide bonds. The second kappa shape index (κ2) is 7.62. The summed E-state index contributed by atoms with van der Waals surface area (Å²) >= 11 is 7.63. The summed E-state index contributed by atoms with van der Waals surface area (Å²) in [7, 11) is 1.59. The normalized spacial score (nSPS) is 10.4. The van der Waals surface area contributed by atoms with Gasteiger partial charge in [0.25, 0.3) is 0 Å². The first-order valence-electron chi connectivity index (χ1n) is 6.94. The Hall–Kier alpha value is -1.85. The Balaban J connectivity index is 2.58. The minimum absolute atomic E-state index is 0.0987. The Bertz CT molecular complexity index is 714. The van der Waals surface area contributed by atoms with Gasteiger partial charge in [-0.1, -0.05) is 23.7 Å². The van der Waals surface area contributed by atoms with Crippen LogP contribution in [0.15, 0.2) is 35.2 Å². The van der Waals surface area contributed by atoms with Gasteiger partial charge in [0.1, 0.15) is 17.1 Å². The van der Waals surface area contributed by atoms with Crippen LogP contribution in [0.3, 0.4) is 0 Å². The second-order valence-electron chi connectivity index (χ2n) is 4.61. The highest BCUT2D eigenvalue weighted by molar-refractivity contribution is 7.98.